The van der Waals surface area contributed by atoms with Crippen LogP contribution in [0.1, 0.15) is 53.6 Å². The molecule has 4 aromatic carbocycles. The van der Waals surface area contributed by atoms with Crippen molar-refractivity contribution in [3.63, 3.8) is 0 Å². The number of amides is 1. The molecule has 262 valence electrons. The minimum Gasteiger partial charge on any atom is -0.507 e. The fourth-order valence-corrected chi connectivity index (χ4v) is 7.71. The summed E-state index contributed by atoms with van der Waals surface area (Å²) in [5, 5.41) is 21.2. The lowest BCUT2D eigenvalue weighted by Gasteiger charge is -2.23. The van der Waals surface area contributed by atoms with Crippen LogP contribution in [0.2, 0.25) is 5.02 Å². The van der Waals surface area contributed by atoms with Gasteiger partial charge < -0.3 is 19.3 Å². The number of methoxy groups -OCH3 is 1. The molecule has 12 heteroatoms. The Morgan fingerprint density at radius 2 is 1.69 bits per heavy atom. The van der Waals surface area contributed by atoms with Crippen molar-refractivity contribution < 1.29 is 28.9 Å². The first-order chi connectivity index (χ1) is 24.8. The third-order valence-electron chi connectivity index (χ3n) is 8.40. The number of rotatable bonds is 14. The summed E-state index contributed by atoms with van der Waals surface area (Å²) in [6.07, 6.45) is 1.84. The van der Waals surface area contributed by atoms with Crippen LogP contribution >= 0.6 is 34.7 Å². The van der Waals surface area contributed by atoms with Crippen LogP contribution in [0.5, 0.6) is 17.2 Å². The summed E-state index contributed by atoms with van der Waals surface area (Å²) >= 11 is 8.95. The number of ketones is 1. The Labute approximate surface area is 309 Å². The zero-order chi connectivity index (χ0) is 35.9. The van der Waals surface area contributed by atoms with Gasteiger partial charge in [0.1, 0.15) is 18.1 Å². The first-order valence-corrected chi connectivity index (χ1v) is 18.6. The maximum Gasteiger partial charge on any atom is 0.301 e. The molecule has 1 amide bonds. The third-order valence-corrected chi connectivity index (χ3v) is 10.9. The van der Waals surface area contributed by atoms with Gasteiger partial charge in [-0.25, -0.2) is 0 Å². The predicted molar refractivity (Wildman–Crippen MR) is 201 cm³/mol. The molecule has 1 aromatic heterocycles. The van der Waals surface area contributed by atoms with Gasteiger partial charge in [0, 0.05) is 16.3 Å². The van der Waals surface area contributed by atoms with Gasteiger partial charge in [-0.15, -0.1) is 10.2 Å². The number of aromatic nitrogens is 2. The number of aliphatic hydroxyl groups is 1. The lowest BCUT2D eigenvalue weighted by Crippen LogP contribution is -2.29. The summed E-state index contributed by atoms with van der Waals surface area (Å²) in [5.41, 5.74) is 3.89. The second kappa shape index (κ2) is 16.5. The van der Waals surface area contributed by atoms with Crippen LogP contribution in [0.25, 0.3) is 5.76 Å². The van der Waals surface area contributed by atoms with Gasteiger partial charge in [-0.05, 0) is 78.1 Å². The first kappa shape index (κ1) is 36.0. The van der Waals surface area contributed by atoms with E-state index in [0.29, 0.717) is 56.7 Å². The summed E-state index contributed by atoms with van der Waals surface area (Å²) in [5.74, 6) is 0.0793. The van der Waals surface area contributed by atoms with Crippen molar-refractivity contribution in [3.8, 4) is 17.2 Å². The molecule has 1 fully saturated rings. The molecular weight excluding hydrogens is 706 g/mol. The number of Topliss-reactive ketones (excluding diaryl/α,β-unsaturated/α-hetero) is 1. The third kappa shape index (κ3) is 8.06. The standard InChI is InChI=1S/C39H36ClN3O6S2/c1-4-5-20-48-31-19-16-26(21-32(31)47-3)34-33(35(44)25-14-17-29(18-15-25)49-22-27-11-7-6-10-24(27)2)36(45)37(46)43(34)38-41-42-39(51-38)50-23-28-12-8-9-13-30(28)40/h6-19,21,34,44H,4-5,20,22-23H2,1-3H3/b35-33+. The molecule has 0 bridgehead atoms. The van der Waals surface area contributed by atoms with E-state index < -0.39 is 17.7 Å². The van der Waals surface area contributed by atoms with Crippen molar-refractivity contribution in [1.29, 1.82) is 0 Å². The molecule has 51 heavy (non-hydrogen) atoms. The van der Waals surface area contributed by atoms with Crippen LogP contribution in [0.4, 0.5) is 5.13 Å². The number of halogens is 1. The Hall–Kier alpha value is -4.84. The molecule has 0 saturated carbocycles. The van der Waals surface area contributed by atoms with Gasteiger partial charge in [-0.3, -0.25) is 14.5 Å². The number of nitrogens with zero attached hydrogens (tertiary/aromatic N) is 3. The number of hydrogen-bond donors (Lipinski definition) is 1. The molecule has 1 saturated heterocycles. The lowest BCUT2D eigenvalue weighted by atomic mass is 9.95. The summed E-state index contributed by atoms with van der Waals surface area (Å²) < 4.78 is 18.2. The topological polar surface area (TPSA) is 111 Å². The van der Waals surface area contributed by atoms with Gasteiger partial charge in [0.25, 0.3) is 5.78 Å². The van der Waals surface area contributed by atoms with Crippen LogP contribution in [0, 0.1) is 6.92 Å². The van der Waals surface area contributed by atoms with Gasteiger partial charge in [0.2, 0.25) is 5.13 Å². The van der Waals surface area contributed by atoms with Crippen molar-refractivity contribution in [2.24, 2.45) is 0 Å². The Kier molecular flexibility index (Phi) is 11.6. The highest BCUT2D eigenvalue weighted by Crippen LogP contribution is 2.46. The number of benzene rings is 4. The van der Waals surface area contributed by atoms with Gasteiger partial charge >= 0.3 is 5.91 Å². The number of hydrogen-bond acceptors (Lipinski definition) is 10. The molecule has 5 aromatic rings. The summed E-state index contributed by atoms with van der Waals surface area (Å²) in [6.45, 7) is 4.99. The molecule has 0 spiro atoms. The highest BCUT2D eigenvalue weighted by atomic mass is 35.5. The number of aryl methyl sites for hydroxylation is 1. The number of anilines is 1. The minimum absolute atomic E-state index is 0.0873. The van der Waals surface area contributed by atoms with Crippen LogP contribution in [0.3, 0.4) is 0 Å². The van der Waals surface area contributed by atoms with E-state index >= 15 is 0 Å². The Morgan fingerprint density at radius 3 is 2.41 bits per heavy atom. The molecule has 1 aliphatic heterocycles. The fraction of sp³-hybridized carbons (Fsp3) is 0.231. The lowest BCUT2D eigenvalue weighted by molar-refractivity contribution is -0.132. The predicted octanol–water partition coefficient (Wildman–Crippen LogP) is 9.19. The second-order valence-electron chi connectivity index (χ2n) is 11.8. The zero-order valence-electron chi connectivity index (χ0n) is 28.3. The maximum absolute atomic E-state index is 13.8. The summed E-state index contributed by atoms with van der Waals surface area (Å²) in [7, 11) is 1.53. The van der Waals surface area contributed by atoms with Gasteiger partial charge in [-0.2, -0.15) is 0 Å². The van der Waals surface area contributed by atoms with Gasteiger partial charge in [0.15, 0.2) is 15.8 Å². The normalized spacial score (nSPS) is 15.3. The maximum atomic E-state index is 13.8. The molecule has 0 aliphatic carbocycles. The fourth-order valence-electron chi connectivity index (χ4n) is 5.56. The molecule has 1 N–H and O–H groups in total. The van der Waals surface area contributed by atoms with Gasteiger partial charge in [-0.1, -0.05) is 96.6 Å². The molecule has 1 aliphatic rings. The molecular formula is C39H36ClN3O6S2. The van der Waals surface area contributed by atoms with Crippen molar-refractivity contribution in [2.75, 3.05) is 18.6 Å². The van der Waals surface area contributed by atoms with E-state index in [-0.39, 0.29) is 16.5 Å². The van der Waals surface area contributed by atoms with Crippen LogP contribution in [-0.2, 0) is 21.9 Å². The number of ether oxygens (including phenoxy) is 3. The van der Waals surface area contributed by atoms with E-state index in [9.17, 15) is 14.7 Å². The van der Waals surface area contributed by atoms with E-state index in [1.54, 1.807) is 42.5 Å². The SMILES string of the molecule is CCCCOc1ccc(C2/C(=C(\O)c3ccc(OCc4ccccc4C)cc3)C(=O)C(=O)N2c2nnc(SCc3ccccc3Cl)s2)cc1OC. The van der Waals surface area contributed by atoms with Crippen molar-refractivity contribution in [2.45, 2.75) is 49.4 Å². The molecule has 1 atom stereocenters. The van der Waals surface area contributed by atoms with E-state index in [1.807, 2.05) is 55.5 Å². The molecule has 1 unspecified atom stereocenters. The highest BCUT2D eigenvalue weighted by molar-refractivity contribution is 8.00. The first-order valence-electron chi connectivity index (χ1n) is 16.4. The molecule has 9 nitrogen and oxygen atoms in total. The van der Waals surface area contributed by atoms with Crippen LogP contribution in [0.15, 0.2) is 101 Å². The number of carbonyl (C=O) groups excluding carboxylic acids is 2. The minimum atomic E-state index is -1.03. The smallest absolute Gasteiger partial charge is 0.301 e. The van der Waals surface area contributed by atoms with E-state index in [1.165, 1.54) is 35.1 Å². The van der Waals surface area contributed by atoms with E-state index in [2.05, 4.69) is 17.1 Å². The number of aliphatic hydroxyl groups excluding tert-OH is 1. The quantitative estimate of drug-likeness (QED) is 0.0297. The van der Waals surface area contributed by atoms with Gasteiger partial charge in [0.05, 0.1) is 25.3 Å². The molecule has 0 radical (unpaired) electrons. The Balaban J connectivity index is 1.34. The average molecular weight is 742 g/mol. The van der Waals surface area contributed by atoms with E-state index in [4.69, 9.17) is 25.8 Å². The zero-order valence-corrected chi connectivity index (χ0v) is 30.7. The number of carbonyl (C=O) groups is 2. The highest BCUT2D eigenvalue weighted by Gasteiger charge is 2.48. The van der Waals surface area contributed by atoms with Crippen LogP contribution in [-0.4, -0.2) is 40.7 Å². The van der Waals surface area contributed by atoms with Crippen molar-refractivity contribution in [3.05, 3.63) is 129 Å². The van der Waals surface area contributed by atoms with E-state index in [0.717, 1.165) is 29.5 Å². The average Bonchev–Trinajstić information content (AvgIpc) is 3.72. The van der Waals surface area contributed by atoms with Crippen molar-refractivity contribution >= 4 is 57.3 Å². The van der Waals surface area contributed by atoms with Crippen LogP contribution < -0.4 is 19.1 Å². The number of thioether (sulfide) groups is 1. The largest absolute Gasteiger partial charge is 0.507 e. The summed E-state index contributed by atoms with van der Waals surface area (Å²) in [6, 6.07) is 26.4. The monoisotopic (exact) mass is 741 g/mol. The second-order valence-corrected chi connectivity index (χ2v) is 14.3. The Morgan fingerprint density at radius 1 is 0.941 bits per heavy atom. The molecule has 2 heterocycles. The molecule has 6 rings (SSSR count). The Bertz CT molecular complexity index is 2070. The van der Waals surface area contributed by atoms with Crippen molar-refractivity contribution in [1.82, 2.24) is 10.2 Å². The number of unbranched alkanes of at least 4 members (excludes halogenated alkanes) is 1. The summed E-state index contributed by atoms with van der Waals surface area (Å²) in [4.78, 5) is 29.0.